The Labute approximate surface area is 154 Å². The fourth-order valence-corrected chi connectivity index (χ4v) is 3.43. The third-order valence-electron chi connectivity index (χ3n) is 4.61. The number of amides is 1. The minimum Gasteiger partial charge on any atom is -0.345 e. The molecule has 0 unspecified atom stereocenters. The number of benzene rings is 3. The van der Waals surface area contributed by atoms with E-state index < -0.39 is 5.41 Å². The van der Waals surface area contributed by atoms with Crippen LogP contribution in [0.15, 0.2) is 91.0 Å². The molecule has 2 heteroatoms. The van der Waals surface area contributed by atoms with Crippen LogP contribution in [-0.4, -0.2) is 12.5 Å². The van der Waals surface area contributed by atoms with Gasteiger partial charge in [0.2, 0.25) is 5.91 Å². The molecule has 26 heavy (non-hydrogen) atoms. The van der Waals surface area contributed by atoms with Crippen molar-refractivity contribution in [3.63, 3.8) is 0 Å². The second kappa shape index (κ2) is 8.18. The largest absolute Gasteiger partial charge is 0.345 e. The topological polar surface area (TPSA) is 29.1 Å². The van der Waals surface area contributed by atoms with Gasteiger partial charge in [-0.1, -0.05) is 96.9 Å². The van der Waals surface area contributed by atoms with Gasteiger partial charge in [0.1, 0.15) is 0 Å². The van der Waals surface area contributed by atoms with E-state index in [0.29, 0.717) is 0 Å². The van der Waals surface area contributed by atoms with Gasteiger partial charge < -0.3 is 5.32 Å². The third-order valence-corrected chi connectivity index (χ3v) is 4.61. The molecule has 2 nitrogen and oxygen atoms in total. The molecule has 3 rings (SSSR count). The first-order chi connectivity index (χ1) is 12.8. The predicted molar refractivity (Wildman–Crippen MR) is 106 cm³/mol. The Kier molecular flexibility index (Phi) is 5.51. The van der Waals surface area contributed by atoms with Crippen LogP contribution in [0.3, 0.4) is 0 Å². The van der Waals surface area contributed by atoms with Crippen molar-refractivity contribution in [1.82, 2.24) is 5.32 Å². The lowest BCUT2D eigenvalue weighted by Crippen LogP contribution is -2.37. The van der Waals surface area contributed by atoms with Crippen molar-refractivity contribution in [2.24, 2.45) is 0 Å². The number of hydrogen-bond donors (Lipinski definition) is 1. The van der Waals surface area contributed by atoms with E-state index in [0.717, 1.165) is 16.7 Å². The summed E-state index contributed by atoms with van der Waals surface area (Å²) in [5.74, 6) is 2.40. The minimum absolute atomic E-state index is 0.0699. The predicted octanol–water partition coefficient (Wildman–Crippen LogP) is 4.16. The van der Waals surface area contributed by atoms with Crippen LogP contribution in [0.2, 0.25) is 0 Å². The van der Waals surface area contributed by atoms with Crippen molar-refractivity contribution in [3.8, 4) is 12.3 Å². The van der Waals surface area contributed by atoms with E-state index in [9.17, 15) is 4.79 Å². The summed E-state index contributed by atoms with van der Waals surface area (Å²) >= 11 is 0. The highest BCUT2D eigenvalue weighted by molar-refractivity contribution is 5.80. The van der Waals surface area contributed by atoms with Crippen molar-refractivity contribution in [1.29, 1.82) is 0 Å². The van der Waals surface area contributed by atoms with Crippen LogP contribution in [0.4, 0.5) is 0 Å². The molecule has 0 radical (unpaired) electrons. The molecule has 0 aliphatic rings. The second-order valence-corrected chi connectivity index (χ2v) is 6.16. The maximum Gasteiger partial charge on any atom is 0.222 e. The molecule has 0 heterocycles. The van der Waals surface area contributed by atoms with E-state index in [2.05, 4.69) is 47.6 Å². The fourth-order valence-electron chi connectivity index (χ4n) is 3.43. The fraction of sp³-hybridized carbons (Fsp3) is 0.125. The number of nitrogens with one attached hydrogen (secondary N) is 1. The van der Waals surface area contributed by atoms with E-state index in [-0.39, 0.29) is 18.9 Å². The Morgan fingerprint density at radius 2 is 1.15 bits per heavy atom. The van der Waals surface area contributed by atoms with Gasteiger partial charge in [-0.25, -0.2) is 0 Å². The highest BCUT2D eigenvalue weighted by Crippen LogP contribution is 2.42. The van der Waals surface area contributed by atoms with Crippen molar-refractivity contribution < 1.29 is 4.79 Å². The van der Waals surface area contributed by atoms with Gasteiger partial charge in [-0.3, -0.25) is 4.79 Å². The Balaban J connectivity index is 2.21. The first-order valence-electron chi connectivity index (χ1n) is 8.64. The van der Waals surface area contributed by atoms with E-state index in [1.54, 1.807) is 0 Å². The summed E-state index contributed by atoms with van der Waals surface area (Å²) in [6.07, 6.45) is 5.59. The summed E-state index contributed by atoms with van der Waals surface area (Å²) in [7, 11) is 0. The van der Waals surface area contributed by atoms with Crippen molar-refractivity contribution in [2.75, 3.05) is 6.54 Å². The van der Waals surface area contributed by atoms with Gasteiger partial charge >= 0.3 is 0 Å². The van der Waals surface area contributed by atoms with Crippen LogP contribution in [0.1, 0.15) is 23.1 Å². The molecule has 0 spiro atoms. The molecule has 0 aromatic heterocycles. The first kappa shape index (κ1) is 17.5. The van der Waals surface area contributed by atoms with E-state index in [1.165, 1.54) is 0 Å². The van der Waals surface area contributed by atoms with Gasteiger partial charge in [0.15, 0.2) is 0 Å². The molecule has 0 saturated carbocycles. The summed E-state index contributed by atoms with van der Waals surface area (Å²) in [5.41, 5.74) is 2.65. The zero-order valence-electron chi connectivity index (χ0n) is 14.6. The van der Waals surface area contributed by atoms with Crippen LogP contribution in [0, 0.1) is 12.3 Å². The highest BCUT2D eigenvalue weighted by atomic mass is 16.1. The van der Waals surface area contributed by atoms with Crippen LogP contribution in [0.25, 0.3) is 0 Å². The van der Waals surface area contributed by atoms with Crippen LogP contribution < -0.4 is 5.32 Å². The number of rotatable bonds is 6. The standard InChI is InChI=1S/C24H21NO/c1-2-18-25-23(26)19-24(20-12-6-3-7-13-20,21-14-8-4-9-15-21)22-16-10-5-11-17-22/h1,3-17H,18-19H2,(H,25,26). The molecular formula is C24H21NO. The third kappa shape index (κ3) is 3.53. The summed E-state index contributed by atoms with van der Waals surface area (Å²) in [5, 5.41) is 2.82. The molecule has 3 aromatic rings. The van der Waals surface area contributed by atoms with Crippen molar-refractivity contribution >= 4 is 5.91 Å². The monoisotopic (exact) mass is 339 g/mol. The number of hydrogen-bond acceptors (Lipinski definition) is 1. The second-order valence-electron chi connectivity index (χ2n) is 6.16. The van der Waals surface area contributed by atoms with Gasteiger partial charge in [0.25, 0.3) is 0 Å². The van der Waals surface area contributed by atoms with E-state index in [1.807, 2.05) is 54.6 Å². The number of carbonyl (C=O) groups is 1. The van der Waals surface area contributed by atoms with Crippen molar-refractivity contribution in [3.05, 3.63) is 108 Å². The maximum atomic E-state index is 12.7. The number of carbonyl (C=O) groups excluding carboxylic acids is 1. The summed E-state index contributed by atoms with van der Waals surface area (Å²) in [6, 6.07) is 30.5. The molecule has 1 N–H and O–H groups in total. The molecule has 1 amide bonds. The zero-order valence-corrected chi connectivity index (χ0v) is 14.6. The Hall–Kier alpha value is -3.31. The van der Waals surface area contributed by atoms with E-state index in [4.69, 9.17) is 6.42 Å². The minimum atomic E-state index is -0.581. The maximum absolute atomic E-state index is 12.7. The molecule has 0 atom stereocenters. The van der Waals surface area contributed by atoms with Crippen LogP contribution in [0.5, 0.6) is 0 Å². The SMILES string of the molecule is C#CCNC(=O)CC(c1ccccc1)(c1ccccc1)c1ccccc1. The van der Waals surface area contributed by atoms with E-state index >= 15 is 0 Å². The van der Waals surface area contributed by atoms with Crippen LogP contribution >= 0.6 is 0 Å². The average Bonchev–Trinajstić information content (AvgIpc) is 2.72. The smallest absolute Gasteiger partial charge is 0.222 e. The Morgan fingerprint density at radius 1 is 0.769 bits per heavy atom. The number of terminal acetylenes is 1. The summed E-state index contributed by atoms with van der Waals surface area (Å²) in [6.45, 7) is 0.229. The van der Waals surface area contributed by atoms with Gasteiger partial charge in [0.05, 0.1) is 12.0 Å². The summed E-state index contributed by atoms with van der Waals surface area (Å²) < 4.78 is 0. The molecule has 0 aliphatic heterocycles. The van der Waals surface area contributed by atoms with Gasteiger partial charge in [0, 0.05) is 6.42 Å². The normalized spacial score (nSPS) is 10.7. The highest BCUT2D eigenvalue weighted by Gasteiger charge is 2.38. The molecule has 0 aliphatic carbocycles. The average molecular weight is 339 g/mol. The van der Waals surface area contributed by atoms with Crippen molar-refractivity contribution in [2.45, 2.75) is 11.8 Å². The molecular weight excluding hydrogens is 318 g/mol. The quantitative estimate of drug-likeness (QED) is 0.530. The zero-order chi connectivity index (χ0) is 18.2. The van der Waals surface area contributed by atoms with Crippen LogP contribution in [-0.2, 0) is 10.2 Å². The van der Waals surface area contributed by atoms with Gasteiger partial charge in [-0.2, -0.15) is 0 Å². The van der Waals surface area contributed by atoms with Gasteiger partial charge in [-0.05, 0) is 16.7 Å². The molecule has 3 aromatic carbocycles. The first-order valence-corrected chi connectivity index (χ1v) is 8.64. The Morgan fingerprint density at radius 3 is 1.50 bits per heavy atom. The lowest BCUT2D eigenvalue weighted by Gasteiger charge is -2.35. The lowest BCUT2D eigenvalue weighted by molar-refractivity contribution is -0.121. The molecule has 0 saturated heterocycles. The molecule has 128 valence electrons. The lowest BCUT2D eigenvalue weighted by atomic mass is 9.67. The summed E-state index contributed by atoms with van der Waals surface area (Å²) in [4.78, 5) is 12.7. The van der Waals surface area contributed by atoms with Gasteiger partial charge in [-0.15, -0.1) is 6.42 Å². The molecule has 0 fully saturated rings. The molecule has 0 bridgehead atoms. The Bertz CT molecular complexity index is 783.